The van der Waals surface area contributed by atoms with Crippen LogP contribution in [0.5, 0.6) is 0 Å². The molecule has 0 heterocycles. The molecule has 0 saturated carbocycles. The van der Waals surface area contributed by atoms with Crippen molar-refractivity contribution in [3.8, 4) is 0 Å². The third-order valence-corrected chi connectivity index (χ3v) is 3.09. The number of aliphatic carboxylic acids is 1. The second kappa shape index (κ2) is 6.03. The lowest BCUT2D eigenvalue weighted by Crippen LogP contribution is -2.22. The first-order chi connectivity index (χ1) is 8.31. The number of benzene rings is 1. The molecule has 1 unspecified atom stereocenters. The Morgan fingerprint density at radius 3 is 2.39 bits per heavy atom. The highest BCUT2D eigenvalue weighted by molar-refractivity contribution is 5.70. The Labute approximate surface area is 110 Å². The molecule has 0 amide bonds. The van der Waals surface area contributed by atoms with Crippen molar-refractivity contribution in [2.75, 3.05) is 0 Å². The van der Waals surface area contributed by atoms with Crippen LogP contribution in [0.15, 0.2) is 24.3 Å². The smallest absolute Gasteiger partial charge is 0.306 e. The van der Waals surface area contributed by atoms with E-state index in [-0.39, 0.29) is 11.3 Å². The highest BCUT2D eigenvalue weighted by Crippen LogP contribution is 2.27. The standard InChI is InChI=1S/C16H24O2/c1-5-12-7-6-8-13(9-12)10-14(15(17)18)11-16(2,3)4/h6-9,14H,5,10-11H2,1-4H3,(H,17,18). The minimum atomic E-state index is -0.688. The summed E-state index contributed by atoms with van der Waals surface area (Å²) in [7, 11) is 0. The summed E-state index contributed by atoms with van der Waals surface area (Å²) < 4.78 is 0. The molecule has 0 radical (unpaired) electrons. The number of hydrogen-bond donors (Lipinski definition) is 1. The Hall–Kier alpha value is -1.31. The summed E-state index contributed by atoms with van der Waals surface area (Å²) >= 11 is 0. The van der Waals surface area contributed by atoms with E-state index in [9.17, 15) is 9.90 Å². The fourth-order valence-electron chi connectivity index (χ4n) is 2.25. The number of carbonyl (C=O) groups is 1. The summed E-state index contributed by atoms with van der Waals surface area (Å²) in [5.41, 5.74) is 2.45. The zero-order chi connectivity index (χ0) is 13.8. The van der Waals surface area contributed by atoms with Gasteiger partial charge in [0.25, 0.3) is 0 Å². The summed E-state index contributed by atoms with van der Waals surface area (Å²) in [5, 5.41) is 9.32. The predicted octanol–water partition coefficient (Wildman–Crippen LogP) is 3.93. The Morgan fingerprint density at radius 2 is 1.89 bits per heavy atom. The van der Waals surface area contributed by atoms with Crippen LogP contribution in [0.4, 0.5) is 0 Å². The average molecular weight is 248 g/mol. The maximum atomic E-state index is 11.3. The first-order valence-electron chi connectivity index (χ1n) is 6.62. The van der Waals surface area contributed by atoms with Gasteiger partial charge in [-0.15, -0.1) is 0 Å². The van der Waals surface area contributed by atoms with E-state index in [0.29, 0.717) is 12.8 Å². The monoisotopic (exact) mass is 248 g/mol. The van der Waals surface area contributed by atoms with Gasteiger partial charge in [-0.25, -0.2) is 0 Å². The average Bonchev–Trinajstić information content (AvgIpc) is 2.26. The molecule has 0 fully saturated rings. The Balaban J connectivity index is 2.80. The SMILES string of the molecule is CCc1cccc(CC(CC(C)(C)C)C(=O)O)c1. The third-order valence-electron chi connectivity index (χ3n) is 3.09. The van der Waals surface area contributed by atoms with Crippen molar-refractivity contribution in [2.24, 2.45) is 11.3 Å². The van der Waals surface area contributed by atoms with Crippen molar-refractivity contribution in [2.45, 2.75) is 47.0 Å². The first-order valence-corrected chi connectivity index (χ1v) is 6.62. The molecule has 2 nitrogen and oxygen atoms in total. The number of rotatable bonds is 5. The van der Waals surface area contributed by atoms with Crippen LogP contribution in [0.3, 0.4) is 0 Å². The van der Waals surface area contributed by atoms with E-state index in [1.54, 1.807) is 0 Å². The molecule has 0 aromatic heterocycles. The lowest BCUT2D eigenvalue weighted by Gasteiger charge is -2.23. The second-order valence-electron chi connectivity index (χ2n) is 6.18. The molecule has 0 aliphatic rings. The first kappa shape index (κ1) is 14.7. The second-order valence-corrected chi connectivity index (χ2v) is 6.18. The van der Waals surface area contributed by atoms with Gasteiger partial charge in [0.2, 0.25) is 0 Å². The van der Waals surface area contributed by atoms with Gasteiger partial charge < -0.3 is 5.11 Å². The Morgan fingerprint density at radius 1 is 1.28 bits per heavy atom. The minimum absolute atomic E-state index is 0.0470. The third kappa shape index (κ3) is 4.91. The molecule has 100 valence electrons. The summed E-state index contributed by atoms with van der Waals surface area (Å²) in [6.45, 7) is 8.38. The van der Waals surface area contributed by atoms with Crippen LogP contribution in [0.1, 0.15) is 45.2 Å². The van der Waals surface area contributed by atoms with Crippen molar-refractivity contribution < 1.29 is 9.90 Å². The van der Waals surface area contributed by atoms with Crippen LogP contribution < -0.4 is 0 Å². The van der Waals surface area contributed by atoms with Crippen LogP contribution in [0, 0.1) is 11.3 Å². The fraction of sp³-hybridized carbons (Fsp3) is 0.562. The van der Waals surface area contributed by atoms with Crippen LogP contribution in [-0.4, -0.2) is 11.1 Å². The Bertz CT molecular complexity index is 402. The molecule has 0 spiro atoms. The van der Waals surface area contributed by atoms with Crippen LogP contribution in [0.25, 0.3) is 0 Å². The largest absolute Gasteiger partial charge is 0.481 e. The van der Waals surface area contributed by atoms with Crippen molar-refractivity contribution in [3.05, 3.63) is 35.4 Å². The minimum Gasteiger partial charge on any atom is -0.481 e. The maximum absolute atomic E-state index is 11.3. The van der Waals surface area contributed by atoms with Gasteiger partial charge in [-0.2, -0.15) is 0 Å². The van der Waals surface area contributed by atoms with E-state index in [4.69, 9.17) is 0 Å². The topological polar surface area (TPSA) is 37.3 Å². The predicted molar refractivity (Wildman–Crippen MR) is 74.7 cm³/mol. The summed E-state index contributed by atoms with van der Waals surface area (Å²) in [6, 6.07) is 8.25. The van der Waals surface area contributed by atoms with Crippen molar-refractivity contribution in [3.63, 3.8) is 0 Å². The molecular formula is C16H24O2. The molecule has 0 saturated heterocycles. The number of carboxylic acid groups (broad SMARTS) is 1. The molecular weight excluding hydrogens is 224 g/mol. The van der Waals surface area contributed by atoms with Gasteiger partial charge in [-0.3, -0.25) is 4.79 Å². The van der Waals surface area contributed by atoms with Gasteiger partial charge in [0.05, 0.1) is 5.92 Å². The van der Waals surface area contributed by atoms with Crippen LogP contribution in [0.2, 0.25) is 0 Å². The van der Waals surface area contributed by atoms with Gasteiger partial charge in [-0.05, 0) is 35.8 Å². The van der Waals surface area contributed by atoms with E-state index in [1.165, 1.54) is 5.56 Å². The lowest BCUT2D eigenvalue weighted by atomic mass is 9.82. The van der Waals surface area contributed by atoms with E-state index in [1.807, 2.05) is 12.1 Å². The fourth-order valence-corrected chi connectivity index (χ4v) is 2.25. The van der Waals surface area contributed by atoms with Gasteiger partial charge in [-0.1, -0.05) is 52.0 Å². The van der Waals surface area contributed by atoms with E-state index in [0.717, 1.165) is 12.0 Å². The summed E-state index contributed by atoms with van der Waals surface area (Å²) in [6.07, 6.45) is 2.32. The molecule has 1 aromatic carbocycles. The molecule has 0 bridgehead atoms. The number of aryl methyl sites for hydroxylation is 1. The zero-order valence-corrected chi connectivity index (χ0v) is 11.9. The molecule has 18 heavy (non-hydrogen) atoms. The molecule has 0 aliphatic carbocycles. The van der Waals surface area contributed by atoms with Gasteiger partial charge in [0.15, 0.2) is 0 Å². The zero-order valence-electron chi connectivity index (χ0n) is 11.9. The van der Waals surface area contributed by atoms with Gasteiger partial charge >= 0.3 is 5.97 Å². The Kier molecular flexibility index (Phi) is 4.94. The van der Waals surface area contributed by atoms with Crippen molar-refractivity contribution >= 4 is 5.97 Å². The van der Waals surface area contributed by atoms with E-state index in [2.05, 4.69) is 39.8 Å². The normalized spacial score (nSPS) is 13.3. The maximum Gasteiger partial charge on any atom is 0.306 e. The summed E-state index contributed by atoms with van der Waals surface area (Å²) in [5.74, 6) is -0.982. The molecule has 1 N–H and O–H groups in total. The van der Waals surface area contributed by atoms with E-state index < -0.39 is 5.97 Å². The summed E-state index contributed by atoms with van der Waals surface area (Å²) in [4.78, 5) is 11.3. The van der Waals surface area contributed by atoms with Crippen molar-refractivity contribution in [1.29, 1.82) is 0 Å². The number of hydrogen-bond acceptors (Lipinski definition) is 1. The lowest BCUT2D eigenvalue weighted by molar-refractivity contribution is -0.142. The van der Waals surface area contributed by atoms with E-state index >= 15 is 0 Å². The van der Waals surface area contributed by atoms with Gasteiger partial charge in [0, 0.05) is 0 Å². The van der Waals surface area contributed by atoms with Crippen LogP contribution in [-0.2, 0) is 17.6 Å². The molecule has 0 aliphatic heterocycles. The number of carboxylic acids is 1. The van der Waals surface area contributed by atoms with Crippen molar-refractivity contribution in [1.82, 2.24) is 0 Å². The molecule has 1 rings (SSSR count). The molecule has 2 heteroatoms. The highest BCUT2D eigenvalue weighted by Gasteiger charge is 2.24. The molecule has 1 aromatic rings. The van der Waals surface area contributed by atoms with Crippen LogP contribution >= 0.6 is 0 Å². The van der Waals surface area contributed by atoms with Gasteiger partial charge in [0.1, 0.15) is 0 Å². The highest BCUT2D eigenvalue weighted by atomic mass is 16.4. The molecule has 1 atom stereocenters. The quantitative estimate of drug-likeness (QED) is 0.857.